The van der Waals surface area contributed by atoms with Crippen LogP contribution in [0, 0.1) is 0 Å². The molecule has 0 aromatic rings. The molecule has 0 bridgehead atoms. The Hall–Kier alpha value is 0.330. The number of hydrogen-bond acceptors (Lipinski definition) is 6. The van der Waals surface area contributed by atoms with Crippen molar-refractivity contribution in [3.63, 3.8) is 0 Å². The van der Waals surface area contributed by atoms with Crippen molar-refractivity contribution in [1.29, 1.82) is 0 Å². The molecular weight excluding hydrogens is 204 g/mol. The number of rotatable bonds is 4. The van der Waals surface area contributed by atoms with E-state index < -0.39 is 16.8 Å². The quantitative estimate of drug-likeness (QED) is 0.605. The second-order valence-electron chi connectivity index (χ2n) is 1.38. The van der Waals surface area contributed by atoms with Crippen LogP contribution in [0.1, 0.15) is 13.8 Å². The molecule has 74 valence electrons. The Morgan fingerprint density at radius 3 is 1.75 bits per heavy atom. The van der Waals surface area contributed by atoms with Crippen LogP contribution < -0.4 is 5.50 Å². The highest BCUT2D eigenvalue weighted by molar-refractivity contribution is 7.42. The fourth-order valence-electron chi connectivity index (χ4n) is 0.248. The van der Waals surface area contributed by atoms with Gasteiger partial charge in [0.15, 0.2) is 0 Å². The zero-order chi connectivity index (χ0) is 9.98. The number of nitrogens with two attached hydrogens (primary N) is 1. The van der Waals surface area contributed by atoms with E-state index >= 15 is 0 Å². The second kappa shape index (κ2) is 11.3. The first-order valence-electron chi connectivity index (χ1n) is 3.20. The molecule has 0 saturated heterocycles. The van der Waals surface area contributed by atoms with E-state index in [1.54, 1.807) is 13.8 Å². The SMILES string of the molecule is CCO[P+](=O)OCC.NP(O)O. The summed E-state index contributed by atoms with van der Waals surface area (Å²) < 4.78 is 19.5. The molecule has 0 unspecified atom stereocenters. The lowest BCUT2D eigenvalue weighted by Gasteiger charge is -1.79. The predicted molar refractivity (Wildman–Crippen MR) is 46.4 cm³/mol. The van der Waals surface area contributed by atoms with Crippen molar-refractivity contribution in [2.75, 3.05) is 13.2 Å². The third-order valence-electron chi connectivity index (χ3n) is 0.469. The third-order valence-corrected chi connectivity index (χ3v) is 1.41. The van der Waals surface area contributed by atoms with Gasteiger partial charge in [-0.3, -0.25) is 5.50 Å². The first kappa shape index (κ1) is 14.8. The van der Waals surface area contributed by atoms with Gasteiger partial charge in [-0.15, -0.1) is 9.05 Å². The van der Waals surface area contributed by atoms with E-state index in [9.17, 15) is 4.57 Å². The van der Waals surface area contributed by atoms with Crippen LogP contribution in [-0.2, 0) is 13.6 Å². The van der Waals surface area contributed by atoms with Crippen LogP contribution in [0.2, 0.25) is 0 Å². The molecule has 0 rings (SSSR count). The molecule has 0 atom stereocenters. The summed E-state index contributed by atoms with van der Waals surface area (Å²) >= 11 is 0. The lowest BCUT2D eigenvalue weighted by atomic mass is 10.9. The van der Waals surface area contributed by atoms with Gasteiger partial charge in [-0.05, 0) is 13.8 Å². The van der Waals surface area contributed by atoms with Gasteiger partial charge in [0, 0.05) is 4.57 Å². The Morgan fingerprint density at radius 1 is 1.33 bits per heavy atom. The van der Waals surface area contributed by atoms with E-state index in [0.29, 0.717) is 13.2 Å². The van der Waals surface area contributed by atoms with Gasteiger partial charge in [0.05, 0.1) is 0 Å². The monoisotopic (exact) mass is 218 g/mol. The molecule has 8 heteroatoms. The summed E-state index contributed by atoms with van der Waals surface area (Å²) in [5.41, 5.74) is 4.29. The average molecular weight is 218 g/mol. The summed E-state index contributed by atoms with van der Waals surface area (Å²) in [5, 5.41) is 0. The van der Waals surface area contributed by atoms with Gasteiger partial charge in [0.1, 0.15) is 13.2 Å². The molecule has 0 aromatic carbocycles. The first-order chi connectivity index (χ1) is 5.54. The lowest BCUT2D eigenvalue weighted by Crippen LogP contribution is -1.81. The zero-order valence-electron chi connectivity index (χ0n) is 7.01. The van der Waals surface area contributed by atoms with Crippen molar-refractivity contribution in [3.05, 3.63) is 0 Å². The first-order valence-corrected chi connectivity index (χ1v) is 5.61. The minimum absolute atomic E-state index is 0.440. The lowest BCUT2D eigenvalue weighted by molar-refractivity contribution is 0.243. The summed E-state index contributed by atoms with van der Waals surface area (Å²) in [7, 11) is -3.95. The molecule has 0 fully saturated rings. The van der Waals surface area contributed by atoms with Crippen molar-refractivity contribution in [1.82, 2.24) is 0 Å². The van der Waals surface area contributed by atoms with Crippen molar-refractivity contribution >= 4 is 16.8 Å². The molecular formula is C4H14NO5P2+. The highest BCUT2D eigenvalue weighted by Crippen LogP contribution is 2.21. The minimum Gasteiger partial charge on any atom is -0.338 e. The maximum atomic E-state index is 10.3. The van der Waals surface area contributed by atoms with Crippen LogP contribution in [0.25, 0.3) is 0 Å². The van der Waals surface area contributed by atoms with Gasteiger partial charge in [0.25, 0.3) is 0 Å². The molecule has 0 saturated carbocycles. The highest BCUT2D eigenvalue weighted by atomic mass is 31.2. The largest absolute Gasteiger partial charge is 0.697 e. The molecule has 0 amide bonds. The second-order valence-corrected chi connectivity index (χ2v) is 2.98. The fourth-order valence-corrected chi connectivity index (χ4v) is 0.744. The molecule has 0 radical (unpaired) electrons. The smallest absolute Gasteiger partial charge is 0.338 e. The third kappa shape index (κ3) is 22.4. The molecule has 0 aliphatic rings. The van der Waals surface area contributed by atoms with E-state index in [4.69, 9.17) is 9.79 Å². The summed E-state index contributed by atoms with van der Waals surface area (Å²) in [6, 6.07) is 0. The van der Waals surface area contributed by atoms with Gasteiger partial charge in [-0.2, -0.15) is 0 Å². The van der Waals surface area contributed by atoms with Crippen molar-refractivity contribution in [2.24, 2.45) is 5.50 Å². The van der Waals surface area contributed by atoms with E-state index in [2.05, 4.69) is 14.6 Å². The Labute approximate surface area is 73.6 Å². The summed E-state index contributed by atoms with van der Waals surface area (Å²) in [6.45, 7) is 4.42. The summed E-state index contributed by atoms with van der Waals surface area (Å²) in [6.07, 6.45) is 0. The van der Waals surface area contributed by atoms with Crippen LogP contribution in [0.4, 0.5) is 0 Å². The van der Waals surface area contributed by atoms with E-state index in [-0.39, 0.29) is 0 Å². The van der Waals surface area contributed by atoms with Crippen LogP contribution >= 0.6 is 16.8 Å². The van der Waals surface area contributed by atoms with Crippen LogP contribution in [-0.4, -0.2) is 23.0 Å². The van der Waals surface area contributed by atoms with E-state index in [0.717, 1.165) is 0 Å². The van der Waals surface area contributed by atoms with Gasteiger partial charge >= 0.3 is 8.25 Å². The topological polar surface area (TPSA) is 102 Å². The summed E-state index contributed by atoms with van der Waals surface area (Å²) in [4.78, 5) is 14.9. The maximum Gasteiger partial charge on any atom is 0.697 e. The van der Waals surface area contributed by atoms with Gasteiger partial charge in [-0.25, -0.2) is 0 Å². The Balaban J connectivity index is 0. The van der Waals surface area contributed by atoms with Gasteiger partial charge < -0.3 is 9.79 Å². The van der Waals surface area contributed by atoms with Crippen LogP contribution in [0.3, 0.4) is 0 Å². The fraction of sp³-hybridized carbons (Fsp3) is 1.00. The minimum atomic E-state index is -2.12. The number of hydrogen-bond donors (Lipinski definition) is 3. The van der Waals surface area contributed by atoms with Crippen LogP contribution in [0.5, 0.6) is 0 Å². The normalized spacial score (nSPS) is 9.17. The molecule has 0 spiro atoms. The molecule has 0 heterocycles. The highest BCUT2D eigenvalue weighted by Gasteiger charge is 2.15. The molecule has 0 aliphatic carbocycles. The maximum absolute atomic E-state index is 10.3. The van der Waals surface area contributed by atoms with E-state index in [1.165, 1.54) is 0 Å². The van der Waals surface area contributed by atoms with Crippen molar-refractivity contribution < 1.29 is 23.4 Å². The average Bonchev–Trinajstić information content (AvgIpc) is 1.87. The Bertz CT molecular complexity index is 101. The van der Waals surface area contributed by atoms with E-state index in [1.807, 2.05) is 0 Å². The Kier molecular flexibility index (Phi) is 14.0. The van der Waals surface area contributed by atoms with Gasteiger partial charge in [0.2, 0.25) is 8.53 Å². The predicted octanol–water partition coefficient (Wildman–Crippen LogP) is 0.873. The molecule has 0 aliphatic heterocycles. The molecule has 4 N–H and O–H groups in total. The molecule has 12 heavy (non-hydrogen) atoms. The van der Waals surface area contributed by atoms with Crippen molar-refractivity contribution in [3.8, 4) is 0 Å². The molecule has 0 aromatic heterocycles. The Morgan fingerprint density at radius 2 is 1.58 bits per heavy atom. The summed E-state index contributed by atoms with van der Waals surface area (Å²) in [5.74, 6) is 0. The molecule has 6 nitrogen and oxygen atoms in total. The standard InChI is InChI=1S/C4H10O3P.H4NO2P/c1-3-6-8(5)7-4-2;1-4(2)3/h3-4H2,1-2H3;2-3H,1H2/q+1;. The van der Waals surface area contributed by atoms with Gasteiger partial charge in [-0.1, -0.05) is 0 Å². The van der Waals surface area contributed by atoms with Crippen molar-refractivity contribution in [2.45, 2.75) is 13.8 Å². The zero-order valence-corrected chi connectivity index (χ0v) is 8.79. The van der Waals surface area contributed by atoms with Crippen LogP contribution in [0.15, 0.2) is 0 Å².